The van der Waals surface area contributed by atoms with Crippen molar-refractivity contribution >= 4 is 11.3 Å². The minimum absolute atomic E-state index is 0.366. The second-order valence-corrected chi connectivity index (χ2v) is 9.46. The van der Waals surface area contributed by atoms with E-state index in [4.69, 9.17) is 15.5 Å². The first-order chi connectivity index (χ1) is 17.3. The van der Waals surface area contributed by atoms with Crippen molar-refractivity contribution in [2.75, 3.05) is 31.9 Å². The standard InChI is InChI=1S/C27H31N7O/c28-26-25-24(19-8-12-23(13-9-19)35-22-4-2-1-3-5-22)32-27(34(25)31-18-30-26)20-6-10-21(11-7-20)33-16-14-29-15-17-33/h1-5,8-9,12-13,18,20-21,29H,6-7,10-11,14-17H2,(H2,28,30,31). The largest absolute Gasteiger partial charge is 0.457 e. The maximum Gasteiger partial charge on any atom is 0.153 e. The number of nitrogens with zero attached hydrogens (tertiary/aromatic N) is 5. The molecule has 0 atom stereocenters. The molecule has 0 unspecified atom stereocenters. The summed E-state index contributed by atoms with van der Waals surface area (Å²) in [5.74, 6) is 3.40. The van der Waals surface area contributed by atoms with Crippen LogP contribution in [0.3, 0.4) is 0 Å². The number of nitrogens with two attached hydrogens (primary N) is 1. The Hall–Kier alpha value is -3.49. The number of para-hydroxylation sites is 1. The predicted octanol–water partition coefficient (Wildman–Crippen LogP) is 4.10. The zero-order valence-electron chi connectivity index (χ0n) is 19.8. The van der Waals surface area contributed by atoms with Gasteiger partial charge in [0.2, 0.25) is 0 Å². The molecule has 2 aromatic carbocycles. The molecule has 4 aromatic rings. The number of rotatable bonds is 5. The van der Waals surface area contributed by atoms with Crippen molar-refractivity contribution in [2.45, 2.75) is 37.6 Å². The molecular weight excluding hydrogens is 438 g/mol. The SMILES string of the molecule is Nc1ncnn2c(C3CCC(N4CCNCC4)CC3)nc(-c3ccc(Oc4ccccc4)cc3)c12. The maximum absolute atomic E-state index is 6.34. The number of piperazine rings is 1. The van der Waals surface area contributed by atoms with Crippen molar-refractivity contribution in [1.29, 1.82) is 0 Å². The van der Waals surface area contributed by atoms with E-state index >= 15 is 0 Å². The first kappa shape index (κ1) is 22.0. The Morgan fingerprint density at radius 1 is 0.886 bits per heavy atom. The van der Waals surface area contributed by atoms with Crippen molar-refractivity contribution in [1.82, 2.24) is 29.8 Å². The van der Waals surface area contributed by atoms with Crippen LogP contribution in [-0.4, -0.2) is 56.7 Å². The molecule has 6 rings (SSSR count). The molecule has 3 heterocycles. The molecule has 1 aliphatic heterocycles. The third-order valence-electron chi connectivity index (χ3n) is 7.32. The van der Waals surface area contributed by atoms with Crippen molar-refractivity contribution in [2.24, 2.45) is 0 Å². The third-order valence-corrected chi connectivity index (χ3v) is 7.32. The average Bonchev–Trinajstić information content (AvgIpc) is 3.31. The van der Waals surface area contributed by atoms with Gasteiger partial charge in [-0.1, -0.05) is 18.2 Å². The van der Waals surface area contributed by atoms with Gasteiger partial charge in [0.15, 0.2) is 5.82 Å². The van der Waals surface area contributed by atoms with E-state index in [0.29, 0.717) is 17.8 Å². The third kappa shape index (κ3) is 4.47. The van der Waals surface area contributed by atoms with Crippen LogP contribution in [0.25, 0.3) is 16.8 Å². The van der Waals surface area contributed by atoms with E-state index in [1.807, 2.05) is 59.1 Å². The summed E-state index contributed by atoms with van der Waals surface area (Å²) in [5.41, 5.74) is 8.93. The van der Waals surface area contributed by atoms with Gasteiger partial charge in [-0.15, -0.1) is 0 Å². The molecule has 1 saturated carbocycles. The molecule has 0 bridgehead atoms. The lowest BCUT2D eigenvalue weighted by Crippen LogP contribution is -2.49. The van der Waals surface area contributed by atoms with Crippen molar-refractivity contribution in [3.05, 3.63) is 66.7 Å². The molecule has 2 aliphatic rings. The summed E-state index contributed by atoms with van der Waals surface area (Å²) in [6.45, 7) is 4.50. The van der Waals surface area contributed by atoms with Gasteiger partial charge >= 0.3 is 0 Å². The minimum atomic E-state index is 0.366. The Kier molecular flexibility index (Phi) is 6.06. The van der Waals surface area contributed by atoms with Gasteiger partial charge in [-0.05, 0) is 62.1 Å². The maximum atomic E-state index is 6.34. The monoisotopic (exact) mass is 469 g/mol. The summed E-state index contributed by atoms with van der Waals surface area (Å²) >= 11 is 0. The molecule has 180 valence electrons. The minimum Gasteiger partial charge on any atom is -0.457 e. The quantitative estimate of drug-likeness (QED) is 0.455. The Balaban J connectivity index is 1.26. The molecule has 1 aliphatic carbocycles. The molecule has 3 N–H and O–H groups in total. The van der Waals surface area contributed by atoms with E-state index in [2.05, 4.69) is 20.3 Å². The molecule has 8 nitrogen and oxygen atoms in total. The molecule has 1 saturated heterocycles. The number of benzene rings is 2. The van der Waals surface area contributed by atoms with Gasteiger partial charge in [-0.25, -0.2) is 14.5 Å². The highest BCUT2D eigenvalue weighted by Gasteiger charge is 2.31. The predicted molar refractivity (Wildman–Crippen MR) is 137 cm³/mol. The number of fused-ring (bicyclic) bond motifs is 1. The summed E-state index contributed by atoms with van der Waals surface area (Å²) in [5, 5.41) is 8.02. The first-order valence-corrected chi connectivity index (χ1v) is 12.5. The van der Waals surface area contributed by atoms with Gasteiger partial charge < -0.3 is 15.8 Å². The Morgan fingerprint density at radius 3 is 2.34 bits per heavy atom. The number of ether oxygens (including phenoxy) is 1. The Bertz CT molecular complexity index is 1270. The van der Waals surface area contributed by atoms with Crippen LogP contribution >= 0.6 is 0 Å². The first-order valence-electron chi connectivity index (χ1n) is 12.5. The van der Waals surface area contributed by atoms with E-state index in [0.717, 1.165) is 73.1 Å². The molecule has 0 radical (unpaired) electrons. The highest BCUT2D eigenvalue weighted by Crippen LogP contribution is 2.38. The lowest BCUT2D eigenvalue weighted by molar-refractivity contribution is 0.131. The van der Waals surface area contributed by atoms with E-state index in [1.165, 1.54) is 19.2 Å². The smallest absolute Gasteiger partial charge is 0.153 e. The molecule has 35 heavy (non-hydrogen) atoms. The van der Waals surface area contributed by atoms with Crippen molar-refractivity contribution in [3.8, 4) is 22.8 Å². The zero-order chi connectivity index (χ0) is 23.6. The summed E-state index contributed by atoms with van der Waals surface area (Å²) in [6.07, 6.45) is 6.14. The number of hydrogen-bond acceptors (Lipinski definition) is 7. The summed E-state index contributed by atoms with van der Waals surface area (Å²) in [6, 6.07) is 18.4. The van der Waals surface area contributed by atoms with Crippen LogP contribution < -0.4 is 15.8 Å². The van der Waals surface area contributed by atoms with Gasteiger partial charge in [0, 0.05) is 43.7 Å². The van der Waals surface area contributed by atoms with Crippen LogP contribution in [0.15, 0.2) is 60.9 Å². The van der Waals surface area contributed by atoms with Gasteiger partial charge in [0.25, 0.3) is 0 Å². The number of aromatic nitrogens is 4. The van der Waals surface area contributed by atoms with Gasteiger partial charge in [-0.2, -0.15) is 5.10 Å². The van der Waals surface area contributed by atoms with E-state index < -0.39 is 0 Å². The van der Waals surface area contributed by atoms with Crippen LogP contribution in [0.4, 0.5) is 5.82 Å². The fourth-order valence-corrected chi connectivity index (χ4v) is 5.49. The van der Waals surface area contributed by atoms with Gasteiger partial charge in [0.05, 0.1) is 0 Å². The highest BCUT2D eigenvalue weighted by molar-refractivity contribution is 5.85. The molecule has 8 heteroatoms. The average molecular weight is 470 g/mol. The fraction of sp³-hybridized carbons (Fsp3) is 0.370. The van der Waals surface area contributed by atoms with E-state index in [-0.39, 0.29) is 0 Å². The molecule has 0 spiro atoms. The summed E-state index contributed by atoms with van der Waals surface area (Å²) < 4.78 is 7.88. The Labute approximate surface area is 205 Å². The van der Waals surface area contributed by atoms with Crippen molar-refractivity contribution < 1.29 is 4.74 Å². The molecular formula is C27H31N7O. The number of imidazole rings is 1. The number of anilines is 1. The second-order valence-electron chi connectivity index (χ2n) is 9.46. The zero-order valence-corrected chi connectivity index (χ0v) is 19.8. The molecule has 2 fully saturated rings. The number of nitrogens with one attached hydrogen (secondary N) is 1. The van der Waals surface area contributed by atoms with Crippen LogP contribution in [0.5, 0.6) is 11.5 Å². The normalized spacial score (nSPS) is 21.3. The van der Waals surface area contributed by atoms with Gasteiger partial charge in [0.1, 0.15) is 34.9 Å². The van der Waals surface area contributed by atoms with Crippen LogP contribution in [-0.2, 0) is 0 Å². The lowest BCUT2D eigenvalue weighted by Gasteiger charge is -2.38. The van der Waals surface area contributed by atoms with Crippen LogP contribution in [0.2, 0.25) is 0 Å². The van der Waals surface area contributed by atoms with E-state index in [1.54, 1.807) is 0 Å². The van der Waals surface area contributed by atoms with Crippen LogP contribution in [0.1, 0.15) is 37.4 Å². The molecule has 2 aromatic heterocycles. The fourth-order valence-electron chi connectivity index (χ4n) is 5.49. The summed E-state index contributed by atoms with van der Waals surface area (Å²) in [4.78, 5) is 12.0. The number of nitrogen functional groups attached to an aromatic ring is 1. The highest BCUT2D eigenvalue weighted by atomic mass is 16.5. The molecule has 0 amide bonds. The summed E-state index contributed by atoms with van der Waals surface area (Å²) in [7, 11) is 0. The number of hydrogen-bond donors (Lipinski definition) is 2. The second kappa shape index (κ2) is 9.64. The van der Waals surface area contributed by atoms with E-state index in [9.17, 15) is 0 Å². The van der Waals surface area contributed by atoms with Gasteiger partial charge in [-0.3, -0.25) is 4.90 Å². The topological polar surface area (TPSA) is 93.6 Å². The van der Waals surface area contributed by atoms with Crippen LogP contribution in [0, 0.1) is 0 Å². The Morgan fingerprint density at radius 2 is 1.60 bits per heavy atom. The van der Waals surface area contributed by atoms with Crippen molar-refractivity contribution in [3.63, 3.8) is 0 Å². The lowest BCUT2D eigenvalue weighted by atomic mass is 9.84.